The van der Waals surface area contributed by atoms with Crippen LogP contribution in [0, 0.1) is 6.92 Å². The zero-order valence-electron chi connectivity index (χ0n) is 15.6. The topological polar surface area (TPSA) is 9.23 Å². The predicted molar refractivity (Wildman–Crippen MR) is 114 cm³/mol. The van der Waals surface area contributed by atoms with Crippen LogP contribution in [0.5, 0.6) is 5.75 Å². The third kappa shape index (κ3) is 3.78. The Morgan fingerprint density at radius 3 is 1.37 bits per heavy atom. The van der Waals surface area contributed by atoms with Crippen molar-refractivity contribution in [2.24, 2.45) is 0 Å². The smallest absolute Gasteiger partial charge is 0.119 e. The van der Waals surface area contributed by atoms with Crippen LogP contribution >= 0.6 is 0 Å². The lowest BCUT2D eigenvalue weighted by molar-refractivity contribution is 0.415. The van der Waals surface area contributed by atoms with Gasteiger partial charge in [0.15, 0.2) is 0 Å². The molecule has 0 N–H and O–H groups in total. The first-order chi connectivity index (χ1) is 13.2. The van der Waals surface area contributed by atoms with Gasteiger partial charge in [-0.25, -0.2) is 0 Å². The zero-order valence-corrected chi connectivity index (χ0v) is 15.6. The molecule has 0 radical (unpaired) electrons. The van der Waals surface area contributed by atoms with E-state index in [-0.39, 0.29) is 0 Å². The summed E-state index contributed by atoms with van der Waals surface area (Å²) in [7, 11) is 1.70. The number of rotatable bonds is 4. The van der Waals surface area contributed by atoms with Gasteiger partial charge in [-0.05, 0) is 64.6 Å². The summed E-state index contributed by atoms with van der Waals surface area (Å²) in [6, 6.07) is 34.2. The molecule has 0 aromatic heterocycles. The highest BCUT2D eigenvalue weighted by Crippen LogP contribution is 2.31. The number of hydrogen-bond donors (Lipinski definition) is 0. The van der Waals surface area contributed by atoms with E-state index in [2.05, 4.69) is 91.9 Å². The third-order valence-corrected chi connectivity index (χ3v) is 4.81. The number of benzene rings is 4. The van der Waals surface area contributed by atoms with Crippen molar-refractivity contribution in [3.63, 3.8) is 0 Å². The van der Waals surface area contributed by atoms with Crippen molar-refractivity contribution in [1.29, 1.82) is 0 Å². The summed E-state index contributed by atoms with van der Waals surface area (Å²) < 4.78 is 5.37. The Kier molecular flexibility index (Phi) is 4.76. The molecule has 0 heterocycles. The van der Waals surface area contributed by atoms with Crippen LogP contribution in [0.1, 0.15) is 5.56 Å². The highest BCUT2D eigenvalue weighted by Gasteiger charge is 2.05. The minimum Gasteiger partial charge on any atom is -0.497 e. The van der Waals surface area contributed by atoms with Crippen molar-refractivity contribution in [1.82, 2.24) is 0 Å². The maximum Gasteiger partial charge on any atom is 0.119 e. The summed E-state index contributed by atoms with van der Waals surface area (Å²) in [5.74, 6) is 0.874. The lowest BCUT2D eigenvalue weighted by Gasteiger charge is -2.09. The maximum atomic E-state index is 5.37. The van der Waals surface area contributed by atoms with Crippen molar-refractivity contribution in [2.75, 3.05) is 7.11 Å². The molecular weight excluding hydrogens is 328 g/mol. The van der Waals surface area contributed by atoms with Gasteiger partial charge in [0, 0.05) is 0 Å². The van der Waals surface area contributed by atoms with Crippen molar-refractivity contribution in [2.45, 2.75) is 6.92 Å². The highest BCUT2D eigenvalue weighted by atomic mass is 16.5. The number of ether oxygens (including phenoxy) is 1. The van der Waals surface area contributed by atoms with E-state index in [4.69, 9.17) is 4.74 Å². The first kappa shape index (κ1) is 17.1. The molecule has 27 heavy (non-hydrogen) atoms. The summed E-state index contributed by atoms with van der Waals surface area (Å²) in [5, 5.41) is 0. The van der Waals surface area contributed by atoms with Gasteiger partial charge in [0.25, 0.3) is 0 Å². The largest absolute Gasteiger partial charge is 0.497 e. The van der Waals surface area contributed by atoms with Gasteiger partial charge in [-0.15, -0.1) is 0 Å². The van der Waals surface area contributed by atoms with Crippen molar-refractivity contribution in [3.8, 4) is 39.1 Å². The van der Waals surface area contributed by atoms with Crippen molar-refractivity contribution >= 4 is 0 Å². The molecule has 0 bridgehead atoms. The Morgan fingerprint density at radius 1 is 0.481 bits per heavy atom. The number of aryl methyl sites for hydroxylation is 1. The van der Waals surface area contributed by atoms with Gasteiger partial charge in [-0.1, -0.05) is 78.4 Å². The van der Waals surface area contributed by atoms with Crippen LogP contribution in [0.15, 0.2) is 97.1 Å². The Balaban J connectivity index is 1.73. The molecule has 132 valence electrons. The Morgan fingerprint density at radius 2 is 0.889 bits per heavy atom. The molecule has 0 unspecified atom stereocenters. The Bertz CT molecular complexity index is 1080. The lowest BCUT2D eigenvalue weighted by Crippen LogP contribution is -1.85. The molecule has 0 aliphatic carbocycles. The van der Waals surface area contributed by atoms with Crippen molar-refractivity contribution < 1.29 is 4.74 Å². The Labute approximate surface area is 160 Å². The molecular formula is C26H22O. The SMILES string of the molecule is COc1cccc(-c2cccc(-c3cccc(-c4cccc(C)c4)c3)c2)c1. The van der Waals surface area contributed by atoms with E-state index >= 15 is 0 Å². The molecule has 1 heteroatoms. The minimum absolute atomic E-state index is 0.874. The molecule has 0 saturated heterocycles. The molecule has 0 amide bonds. The van der Waals surface area contributed by atoms with Gasteiger partial charge < -0.3 is 4.74 Å². The molecule has 4 aromatic carbocycles. The summed E-state index contributed by atoms with van der Waals surface area (Å²) in [6.07, 6.45) is 0. The van der Waals surface area contributed by atoms with E-state index in [1.807, 2.05) is 12.1 Å². The molecule has 0 spiro atoms. The predicted octanol–water partition coefficient (Wildman–Crippen LogP) is 7.00. The fraction of sp³-hybridized carbons (Fsp3) is 0.0769. The molecule has 0 fully saturated rings. The molecule has 4 rings (SSSR count). The molecule has 0 saturated carbocycles. The lowest BCUT2D eigenvalue weighted by atomic mass is 9.96. The summed E-state index contributed by atoms with van der Waals surface area (Å²) in [6.45, 7) is 2.13. The fourth-order valence-electron chi connectivity index (χ4n) is 3.38. The van der Waals surface area contributed by atoms with Crippen molar-refractivity contribution in [3.05, 3.63) is 103 Å². The minimum atomic E-state index is 0.874. The van der Waals surface area contributed by atoms with E-state index < -0.39 is 0 Å². The van der Waals surface area contributed by atoms with Gasteiger partial charge in [-0.2, -0.15) is 0 Å². The monoisotopic (exact) mass is 350 g/mol. The quantitative estimate of drug-likeness (QED) is 0.385. The molecule has 4 aromatic rings. The van der Waals surface area contributed by atoms with E-state index in [0.717, 1.165) is 11.3 Å². The van der Waals surface area contributed by atoms with Crippen LogP contribution in [0.2, 0.25) is 0 Å². The van der Waals surface area contributed by atoms with Crippen LogP contribution in [-0.2, 0) is 0 Å². The molecule has 0 atom stereocenters. The average Bonchev–Trinajstić information content (AvgIpc) is 2.74. The number of methoxy groups -OCH3 is 1. The second-order valence-electron chi connectivity index (χ2n) is 6.76. The van der Waals surface area contributed by atoms with Crippen LogP contribution < -0.4 is 4.74 Å². The van der Waals surface area contributed by atoms with E-state index in [1.165, 1.54) is 33.4 Å². The molecule has 1 nitrogen and oxygen atoms in total. The zero-order chi connectivity index (χ0) is 18.6. The van der Waals surface area contributed by atoms with Gasteiger partial charge in [-0.3, -0.25) is 0 Å². The maximum absolute atomic E-state index is 5.37. The molecule has 0 aliphatic rings. The van der Waals surface area contributed by atoms with E-state index in [1.54, 1.807) is 7.11 Å². The van der Waals surface area contributed by atoms with Crippen LogP contribution in [0.25, 0.3) is 33.4 Å². The fourth-order valence-corrected chi connectivity index (χ4v) is 3.38. The first-order valence-corrected chi connectivity index (χ1v) is 9.15. The standard InChI is InChI=1S/C26H22O/c1-19-7-3-8-20(15-19)21-9-4-10-22(16-21)23-11-5-12-24(17-23)25-13-6-14-26(18-25)27-2/h3-18H,1-2H3. The first-order valence-electron chi connectivity index (χ1n) is 9.15. The van der Waals surface area contributed by atoms with Gasteiger partial charge in [0.1, 0.15) is 5.75 Å². The van der Waals surface area contributed by atoms with E-state index in [9.17, 15) is 0 Å². The van der Waals surface area contributed by atoms with Gasteiger partial charge in [0.05, 0.1) is 7.11 Å². The highest BCUT2D eigenvalue weighted by molar-refractivity contribution is 5.77. The van der Waals surface area contributed by atoms with Crippen LogP contribution in [0.3, 0.4) is 0 Å². The van der Waals surface area contributed by atoms with Gasteiger partial charge in [0.2, 0.25) is 0 Å². The second-order valence-corrected chi connectivity index (χ2v) is 6.76. The summed E-state index contributed by atoms with van der Waals surface area (Å²) >= 11 is 0. The van der Waals surface area contributed by atoms with Crippen LogP contribution in [-0.4, -0.2) is 7.11 Å². The average molecular weight is 350 g/mol. The summed E-state index contributed by atoms with van der Waals surface area (Å²) in [5.41, 5.74) is 8.55. The van der Waals surface area contributed by atoms with E-state index in [0.29, 0.717) is 0 Å². The third-order valence-electron chi connectivity index (χ3n) is 4.81. The van der Waals surface area contributed by atoms with Gasteiger partial charge >= 0.3 is 0 Å². The normalized spacial score (nSPS) is 10.6. The second kappa shape index (κ2) is 7.51. The molecule has 0 aliphatic heterocycles. The Hall–Kier alpha value is -3.32. The summed E-state index contributed by atoms with van der Waals surface area (Å²) in [4.78, 5) is 0. The number of hydrogen-bond acceptors (Lipinski definition) is 1. The van der Waals surface area contributed by atoms with Crippen LogP contribution in [0.4, 0.5) is 0 Å².